The van der Waals surface area contributed by atoms with E-state index in [-0.39, 0.29) is 12.3 Å². The summed E-state index contributed by atoms with van der Waals surface area (Å²) in [4.78, 5) is 23.8. The topological polar surface area (TPSA) is 105 Å². The number of carbonyl (C=O) groups is 2. The quantitative estimate of drug-likeness (QED) is 0.578. The summed E-state index contributed by atoms with van der Waals surface area (Å²) in [5.74, 6) is -0.549. The van der Waals surface area contributed by atoms with Crippen molar-refractivity contribution in [3.63, 3.8) is 0 Å². The Bertz CT molecular complexity index is 381. The van der Waals surface area contributed by atoms with Crippen molar-refractivity contribution >= 4 is 17.7 Å². The van der Waals surface area contributed by atoms with Crippen LogP contribution in [0, 0.1) is 6.92 Å². The van der Waals surface area contributed by atoms with Gasteiger partial charge in [-0.15, -0.1) is 0 Å². The van der Waals surface area contributed by atoms with Crippen LogP contribution in [0.15, 0.2) is 18.3 Å². The molecule has 6 nitrogen and oxygen atoms in total. The van der Waals surface area contributed by atoms with Gasteiger partial charge in [0.25, 0.3) is 0 Å². The van der Waals surface area contributed by atoms with Crippen LogP contribution in [-0.4, -0.2) is 28.0 Å². The number of nitrogens with zero attached hydrogens (tertiary/aromatic N) is 1. The van der Waals surface area contributed by atoms with Crippen molar-refractivity contribution < 1.29 is 14.7 Å². The molecule has 1 aliphatic heterocycles. The number of hydrogen-bond donors (Lipinski definition) is 3. The zero-order valence-electron chi connectivity index (χ0n) is 8.80. The fraction of sp³-hybridized carbons (Fsp3) is 0.300. The highest BCUT2D eigenvalue weighted by Gasteiger charge is 2.31. The normalized spacial score (nSPS) is 17.6. The Morgan fingerprint density at radius 3 is 2.56 bits per heavy atom. The molecule has 4 N–H and O–H groups in total. The number of carbonyl (C=O) groups excluding carboxylic acids is 1. The van der Waals surface area contributed by atoms with Gasteiger partial charge in [-0.05, 0) is 24.6 Å². The Kier molecular flexibility index (Phi) is 3.82. The first-order chi connectivity index (χ1) is 7.49. The van der Waals surface area contributed by atoms with Gasteiger partial charge < -0.3 is 16.2 Å². The lowest BCUT2D eigenvalue weighted by Gasteiger charge is -2.21. The van der Waals surface area contributed by atoms with Gasteiger partial charge in [-0.2, -0.15) is 0 Å². The summed E-state index contributed by atoms with van der Waals surface area (Å²) < 4.78 is 0. The lowest BCUT2D eigenvalue weighted by atomic mass is 10.1. The second-order valence-electron chi connectivity index (χ2n) is 3.42. The highest BCUT2D eigenvalue weighted by Crippen LogP contribution is 2.02. The van der Waals surface area contributed by atoms with E-state index in [1.807, 2.05) is 19.1 Å². The lowest BCUT2D eigenvalue weighted by Crippen LogP contribution is -2.53. The maximum absolute atomic E-state index is 10.0. The molecule has 1 fully saturated rings. The van der Waals surface area contributed by atoms with Gasteiger partial charge in [0.1, 0.15) is 11.9 Å². The summed E-state index contributed by atoms with van der Waals surface area (Å²) >= 11 is 0. The van der Waals surface area contributed by atoms with Crippen molar-refractivity contribution in [2.24, 2.45) is 0 Å². The number of nitrogens with two attached hydrogens (primary N) is 1. The molecule has 0 aromatic carbocycles. The highest BCUT2D eigenvalue weighted by atomic mass is 16.4. The minimum atomic E-state index is -0.954. The third-order valence-corrected chi connectivity index (χ3v) is 1.96. The molecule has 0 unspecified atom stereocenters. The van der Waals surface area contributed by atoms with Crippen LogP contribution in [0.2, 0.25) is 0 Å². The monoisotopic (exact) mass is 223 g/mol. The van der Waals surface area contributed by atoms with E-state index in [2.05, 4.69) is 10.3 Å². The van der Waals surface area contributed by atoms with Crippen LogP contribution >= 0.6 is 0 Å². The molecule has 1 amide bonds. The van der Waals surface area contributed by atoms with E-state index in [0.29, 0.717) is 5.82 Å². The third kappa shape index (κ3) is 3.56. The Morgan fingerprint density at radius 1 is 1.69 bits per heavy atom. The minimum absolute atomic E-state index is 0.134. The summed E-state index contributed by atoms with van der Waals surface area (Å²) in [7, 11) is 0. The number of carboxylic acids is 1. The molecule has 2 rings (SSSR count). The second-order valence-corrected chi connectivity index (χ2v) is 3.42. The van der Waals surface area contributed by atoms with Gasteiger partial charge in [0.05, 0.1) is 6.42 Å². The molecule has 6 heteroatoms. The third-order valence-electron chi connectivity index (χ3n) is 1.96. The fourth-order valence-corrected chi connectivity index (χ4v) is 1.07. The molecule has 0 radical (unpaired) electrons. The van der Waals surface area contributed by atoms with Crippen LogP contribution < -0.4 is 11.1 Å². The second kappa shape index (κ2) is 5.11. The first kappa shape index (κ1) is 12.0. The van der Waals surface area contributed by atoms with Crippen LogP contribution in [0.25, 0.3) is 0 Å². The SMILES string of the molecule is Cc1ccnc(N)c1.O=C1C[C@@H](C(=O)O)N1. The Balaban J connectivity index is 0.000000160. The average Bonchev–Trinajstić information content (AvgIpc) is 2.13. The number of carboxylic acid groups (broad SMARTS) is 1. The van der Waals surface area contributed by atoms with E-state index in [1.54, 1.807) is 6.20 Å². The van der Waals surface area contributed by atoms with Crippen LogP contribution in [0.1, 0.15) is 12.0 Å². The van der Waals surface area contributed by atoms with Gasteiger partial charge in [0, 0.05) is 6.20 Å². The molecule has 1 atom stereocenters. The Morgan fingerprint density at radius 2 is 2.31 bits per heavy atom. The van der Waals surface area contributed by atoms with Gasteiger partial charge in [-0.1, -0.05) is 0 Å². The number of aliphatic carboxylic acids is 1. The number of nitrogens with one attached hydrogen (secondary N) is 1. The molecular weight excluding hydrogens is 210 g/mol. The molecule has 0 aliphatic carbocycles. The van der Waals surface area contributed by atoms with Gasteiger partial charge in [0.2, 0.25) is 5.91 Å². The summed E-state index contributed by atoms with van der Waals surface area (Å²) in [5.41, 5.74) is 6.50. The molecule has 16 heavy (non-hydrogen) atoms. The highest BCUT2D eigenvalue weighted by molar-refractivity contribution is 5.94. The van der Waals surface area contributed by atoms with Crippen molar-refractivity contribution in [2.45, 2.75) is 19.4 Å². The van der Waals surface area contributed by atoms with Crippen molar-refractivity contribution in [1.82, 2.24) is 10.3 Å². The molecule has 0 saturated carbocycles. The molecule has 1 saturated heterocycles. The molecular formula is C10H13N3O3. The zero-order valence-corrected chi connectivity index (χ0v) is 8.80. The lowest BCUT2D eigenvalue weighted by molar-refractivity contribution is -0.147. The molecule has 0 spiro atoms. The van der Waals surface area contributed by atoms with Crippen molar-refractivity contribution in [3.05, 3.63) is 23.9 Å². The van der Waals surface area contributed by atoms with E-state index in [4.69, 9.17) is 10.8 Å². The van der Waals surface area contributed by atoms with Gasteiger partial charge in [-0.3, -0.25) is 4.79 Å². The zero-order chi connectivity index (χ0) is 12.1. The molecule has 1 aliphatic rings. The number of amides is 1. The first-order valence-corrected chi connectivity index (χ1v) is 4.69. The standard InChI is InChI=1S/C6H8N2.C4H5NO3/c1-5-2-3-8-6(7)4-5;6-3-1-2(5-3)4(7)8/h2-4H,1H3,(H2,7,8);2H,1H2,(H,5,6)(H,7,8)/t;2-/m.0/s1. The minimum Gasteiger partial charge on any atom is -0.480 e. The van der Waals surface area contributed by atoms with Gasteiger partial charge in [-0.25, -0.2) is 9.78 Å². The molecule has 86 valence electrons. The van der Waals surface area contributed by atoms with Crippen LogP contribution in [0.3, 0.4) is 0 Å². The van der Waals surface area contributed by atoms with E-state index in [1.165, 1.54) is 0 Å². The number of rotatable bonds is 1. The summed E-state index contributed by atoms with van der Waals surface area (Å²) in [5, 5.41) is 10.3. The number of pyridine rings is 1. The largest absolute Gasteiger partial charge is 0.480 e. The van der Waals surface area contributed by atoms with E-state index >= 15 is 0 Å². The molecule has 1 aromatic heterocycles. The molecule has 0 bridgehead atoms. The van der Waals surface area contributed by atoms with Crippen LogP contribution in [0.5, 0.6) is 0 Å². The van der Waals surface area contributed by atoms with Gasteiger partial charge >= 0.3 is 5.97 Å². The fourth-order valence-electron chi connectivity index (χ4n) is 1.07. The number of aromatic nitrogens is 1. The van der Waals surface area contributed by atoms with Crippen molar-refractivity contribution in [2.75, 3.05) is 5.73 Å². The number of nitrogen functional groups attached to an aromatic ring is 1. The Hall–Kier alpha value is -2.11. The maximum atomic E-state index is 10.0. The summed E-state index contributed by atoms with van der Waals surface area (Å²) in [6, 6.07) is 3.12. The predicted octanol–water partition coefficient (Wildman–Crippen LogP) is -0.0683. The number of aryl methyl sites for hydroxylation is 1. The first-order valence-electron chi connectivity index (χ1n) is 4.69. The summed E-state index contributed by atoms with van der Waals surface area (Å²) in [6.07, 6.45) is 1.83. The molecule has 2 heterocycles. The van der Waals surface area contributed by atoms with Crippen molar-refractivity contribution in [1.29, 1.82) is 0 Å². The van der Waals surface area contributed by atoms with E-state index in [0.717, 1.165) is 5.56 Å². The van der Waals surface area contributed by atoms with Crippen molar-refractivity contribution in [3.8, 4) is 0 Å². The smallest absolute Gasteiger partial charge is 0.326 e. The van der Waals surface area contributed by atoms with Gasteiger partial charge in [0.15, 0.2) is 0 Å². The Labute approximate surface area is 92.5 Å². The number of hydrogen-bond acceptors (Lipinski definition) is 4. The number of β-lactam (4-membered cyclic amide) rings is 1. The van der Waals surface area contributed by atoms with Crippen LogP contribution in [-0.2, 0) is 9.59 Å². The van der Waals surface area contributed by atoms with Crippen LogP contribution in [0.4, 0.5) is 5.82 Å². The van der Waals surface area contributed by atoms with E-state index < -0.39 is 12.0 Å². The number of anilines is 1. The predicted molar refractivity (Wildman–Crippen MR) is 57.6 cm³/mol. The molecule has 1 aromatic rings. The van der Waals surface area contributed by atoms with E-state index in [9.17, 15) is 9.59 Å². The maximum Gasteiger partial charge on any atom is 0.326 e. The summed E-state index contributed by atoms with van der Waals surface area (Å²) in [6.45, 7) is 1.98. The average molecular weight is 223 g/mol.